The summed E-state index contributed by atoms with van der Waals surface area (Å²) in [6.07, 6.45) is 18.5. The van der Waals surface area contributed by atoms with E-state index in [1.165, 1.54) is 146 Å². The largest absolute Gasteiger partial charge is 0.456 e. The summed E-state index contributed by atoms with van der Waals surface area (Å²) in [7, 11) is 0. The van der Waals surface area contributed by atoms with Gasteiger partial charge < -0.3 is 8.82 Å². The molecule has 0 amide bonds. The molecule has 0 saturated heterocycles. The molecule has 270 valence electrons. The summed E-state index contributed by atoms with van der Waals surface area (Å²) in [5.41, 5.74) is 16.0. The maximum absolute atomic E-state index is 6.69. The molecule has 5 aromatic heterocycles. The van der Waals surface area contributed by atoms with Crippen LogP contribution in [0.2, 0.25) is 0 Å². The lowest BCUT2D eigenvalue weighted by molar-refractivity contribution is 0.00321. The molecule has 4 heteroatoms. The van der Waals surface area contributed by atoms with E-state index in [-0.39, 0.29) is 0 Å². The minimum Gasteiger partial charge on any atom is -0.456 e. The third-order valence-electron chi connectivity index (χ3n) is 19.1. The van der Waals surface area contributed by atoms with Crippen LogP contribution < -0.4 is 0 Å². The molecule has 56 heavy (non-hydrogen) atoms. The first-order valence-electron chi connectivity index (χ1n) is 22.0. The van der Waals surface area contributed by atoms with Crippen molar-refractivity contribution in [2.75, 3.05) is 0 Å². The van der Waals surface area contributed by atoms with Gasteiger partial charge in [-0.2, -0.15) is 0 Å². The summed E-state index contributed by atoms with van der Waals surface area (Å²) in [4.78, 5) is 11.1. The highest BCUT2D eigenvalue weighted by atomic mass is 16.3. The molecule has 6 saturated carbocycles. The fourth-order valence-electron chi connectivity index (χ4n) is 17.2. The van der Waals surface area contributed by atoms with Gasteiger partial charge in [-0.15, -0.1) is 0 Å². The van der Waals surface area contributed by atoms with Crippen LogP contribution in [0, 0.1) is 34.5 Å². The summed E-state index contributed by atoms with van der Waals surface area (Å²) >= 11 is 0. The average Bonchev–Trinajstić information content (AvgIpc) is 4.06. The lowest BCUT2D eigenvalue weighted by atomic mass is 9.56. The molecular formula is C52H41N3O. The smallest absolute Gasteiger partial charge is 0.136 e. The molecule has 0 radical (unpaired) electrons. The molecule has 6 bridgehead atoms. The molecule has 17 rings (SSSR count). The fraction of sp³-hybridized carbons (Fsp3) is 0.385. The number of pyridine rings is 2. The monoisotopic (exact) mass is 723 g/mol. The first-order chi connectivity index (χ1) is 27.6. The van der Waals surface area contributed by atoms with Crippen molar-refractivity contribution in [3.63, 3.8) is 0 Å². The van der Waals surface area contributed by atoms with E-state index in [2.05, 4.69) is 83.5 Å². The molecule has 5 heterocycles. The quantitative estimate of drug-likeness (QED) is 0.169. The van der Waals surface area contributed by atoms with Gasteiger partial charge in [0.1, 0.15) is 11.2 Å². The van der Waals surface area contributed by atoms with E-state index in [0.717, 1.165) is 34.8 Å². The number of nitrogens with zero attached hydrogens (tertiary/aromatic N) is 3. The van der Waals surface area contributed by atoms with E-state index in [1.807, 2.05) is 0 Å². The minimum absolute atomic E-state index is 0.599. The molecule has 8 aliphatic rings. The number of hydrogen-bond donors (Lipinski definition) is 0. The Kier molecular flexibility index (Phi) is 4.46. The van der Waals surface area contributed by atoms with Crippen molar-refractivity contribution >= 4 is 70.8 Å². The molecule has 0 N–H and O–H groups in total. The summed E-state index contributed by atoms with van der Waals surface area (Å²) < 4.78 is 9.35. The van der Waals surface area contributed by atoms with Crippen LogP contribution in [0.3, 0.4) is 0 Å². The molecule has 0 aliphatic heterocycles. The zero-order chi connectivity index (χ0) is 35.6. The van der Waals surface area contributed by atoms with Crippen molar-refractivity contribution in [1.29, 1.82) is 0 Å². The predicted octanol–water partition coefficient (Wildman–Crippen LogP) is 13.1. The Bertz CT molecular complexity index is 3230. The van der Waals surface area contributed by atoms with Gasteiger partial charge in [0, 0.05) is 55.5 Å². The highest BCUT2D eigenvalue weighted by Crippen LogP contribution is 2.78. The van der Waals surface area contributed by atoms with Crippen LogP contribution in [-0.2, 0) is 0 Å². The lowest BCUT2D eigenvalue weighted by Crippen LogP contribution is -2.41. The van der Waals surface area contributed by atoms with Crippen molar-refractivity contribution in [3.05, 3.63) is 102 Å². The Hall–Kier alpha value is -4.96. The van der Waals surface area contributed by atoms with Gasteiger partial charge in [0.25, 0.3) is 0 Å². The van der Waals surface area contributed by atoms with E-state index in [0.29, 0.717) is 34.5 Å². The molecule has 4 nitrogen and oxygen atoms in total. The van der Waals surface area contributed by atoms with Gasteiger partial charge in [-0.05, 0) is 168 Å². The van der Waals surface area contributed by atoms with E-state index >= 15 is 0 Å². The normalized spacial score (nSPS) is 35.3. The van der Waals surface area contributed by atoms with Crippen molar-refractivity contribution in [2.45, 2.75) is 87.9 Å². The topological polar surface area (TPSA) is 43.3 Å². The van der Waals surface area contributed by atoms with Crippen LogP contribution in [0.25, 0.3) is 81.9 Å². The summed E-state index contributed by atoms with van der Waals surface area (Å²) in [6, 6.07) is 25.2. The maximum Gasteiger partial charge on any atom is 0.136 e. The first kappa shape index (κ1) is 28.4. The number of rotatable bonds is 1. The molecule has 10 atom stereocenters. The van der Waals surface area contributed by atoms with Gasteiger partial charge in [-0.3, -0.25) is 9.97 Å². The molecule has 2 spiro atoms. The predicted molar refractivity (Wildman–Crippen MR) is 223 cm³/mol. The zero-order valence-corrected chi connectivity index (χ0v) is 31.4. The molecule has 4 aromatic carbocycles. The average molecular weight is 724 g/mol. The van der Waals surface area contributed by atoms with Gasteiger partial charge >= 0.3 is 0 Å². The van der Waals surface area contributed by atoms with E-state index in [4.69, 9.17) is 14.4 Å². The summed E-state index contributed by atoms with van der Waals surface area (Å²) in [6.45, 7) is 0. The van der Waals surface area contributed by atoms with Gasteiger partial charge in [0.2, 0.25) is 0 Å². The van der Waals surface area contributed by atoms with Crippen LogP contribution in [-0.4, -0.2) is 14.4 Å². The van der Waals surface area contributed by atoms with Crippen LogP contribution in [0.4, 0.5) is 0 Å². The Morgan fingerprint density at radius 3 is 1.79 bits per heavy atom. The summed E-state index contributed by atoms with van der Waals surface area (Å²) in [5.74, 6) is 6.24. The van der Waals surface area contributed by atoms with Crippen molar-refractivity contribution in [2.24, 2.45) is 34.5 Å². The van der Waals surface area contributed by atoms with E-state index in [1.54, 1.807) is 11.1 Å². The standard InChI is InChI=1S/C52H41N3O/c1-2-5-34-24(4-1)8-9-41-46(34)47-35(6-3-7-40(47)56-41)25-14-36-44-38(22-53-48-28-12-32-16-30-10-26(42(44)48)18-51(30,32)20-28)55-39-23-54-49-29-13-33-17-31-11-27(19-52(31,33)21-29)43(49)45(39)37(15-25)50(36)55/h1-9,14-15,22-23,26-33H,10-13,16-21H2. The maximum atomic E-state index is 6.69. The number of aromatic nitrogens is 3. The second-order valence-corrected chi connectivity index (χ2v) is 20.6. The van der Waals surface area contributed by atoms with Crippen LogP contribution >= 0.6 is 0 Å². The molecule has 9 aromatic rings. The van der Waals surface area contributed by atoms with Crippen LogP contribution in [0.5, 0.6) is 0 Å². The Labute approximate surface area is 323 Å². The Morgan fingerprint density at radius 1 is 0.536 bits per heavy atom. The second-order valence-electron chi connectivity index (χ2n) is 20.6. The van der Waals surface area contributed by atoms with Crippen LogP contribution in [0.15, 0.2) is 83.5 Å². The summed E-state index contributed by atoms with van der Waals surface area (Å²) in [5, 5.41) is 10.9. The zero-order valence-electron chi connectivity index (χ0n) is 31.4. The number of hydrogen-bond acceptors (Lipinski definition) is 3. The Morgan fingerprint density at radius 2 is 1.12 bits per heavy atom. The van der Waals surface area contributed by atoms with Gasteiger partial charge in [-0.25, -0.2) is 0 Å². The van der Waals surface area contributed by atoms with Gasteiger partial charge in [0.05, 0.1) is 28.9 Å². The number of furan rings is 1. The highest BCUT2D eigenvalue weighted by molar-refractivity contribution is 6.28. The highest BCUT2D eigenvalue weighted by Gasteiger charge is 2.67. The minimum atomic E-state index is 0.599. The third kappa shape index (κ3) is 2.86. The fourth-order valence-corrected chi connectivity index (χ4v) is 17.2. The SMILES string of the molecule is c1ccc2c(c1)ccc1oc3cccc(-c4cc5c6c7c(ncc6n6c8cnc9c(c8c(c4)c56)C4CC5CC6CC9CC65C4)C4CC5CC6CC7CC56C4)c3c12. The van der Waals surface area contributed by atoms with Crippen LogP contribution in [0.1, 0.15) is 110 Å². The lowest BCUT2D eigenvalue weighted by Gasteiger charge is -2.48. The molecule has 8 aliphatic carbocycles. The first-order valence-corrected chi connectivity index (χ1v) is 22.0. The molecule has 6 fully saturated rings. The Balaban J connectivity index is 1.04. The van der Waals surface area contributed by atoms with Crippen molar-refractivity contribution < 1.29 is 4.42 Å². The van der Waals surface area contributed by atoms with Crippen molar-refractivity contribution in [3.8, 4) is 11.1 Å². The van der Waals surface area contributed by atoms with E-state index in [9.17, 15) is 0 Å². The molecular weight excluding hydrogens is 683 g/mol. The number of benzene rings is 4. The van der Waals surface area contributed by atoms with Gasteiger partial charge in [-0.1, -0.05) is 42.5 Å². The third-order valence-corrected chi connectivity index (χ3v) is 19.1. The van der Waals surface area contributed by atoms with Crippen molar-refractivity contribution in [1.82, 2.24) is 14.4 Å². The number of fused-ring (bicyclic) bond motifs is 23. The van der Waals surface area contributed by atoms with Gasteiger partial charge in [0.15, 0.2) is 0 Å². The second kappa shape index (κ2) is 8.79. The molecule has 10 unspecified atom stereocenters. The van der Waals surface area contributed by atoms with E-state index < -0.39 is 0 Å².